The lowest BCUT2D eigenvalue weighted by Crippen LogP contribution is -2.40. The van der Waals surface area contributed by atoms with Crippen LogP contribution in [0.1, 0.15) is 58.4 Å². The Morgan fingerprint density at radius 3 is 2.48 bits per heavy atom. The van der Waals surface area contributed by atoms with Gasteiger partial charge in [-0.05, 0) is 72.5 Å². The van der Waals surface area contributed by atoms with Crippen molar-refractivity contribution < 1.29 is 35.9 Å². The number of hydrogen-bond donors (Lipinski definition) is 0. The first kappa shape index (κ1) is 32.2. The topological polar surface area (TPSA) is 75.9 Å². The van der Waals surface area contributed by atoms with Gasteiger partial charge in [-0.1, -0.05) is 11.6 Å². The maximum atomic E-state index is 14.4. The van der Waals surface area contributed by atoms with Crippen LogP contribution in [0.3, 0.4) is 0 Å². The lowest BCUT2D eigenvalue weighted by molar-refractivity contribution is -0.138. The largest absolute Gasteiger partial charge is 0.416 e. The molecule has 0 bridgehead atoms. The molecule has 6 rings (SSSR count). The highest BCUT2D eigenvalue weighted by atomic mass is 35.5. The molecule has 2 atom stereocenters. The third kappa shape index (κ3) is 6.29. The number of carbonyl (C=O) groups excluding carboxylic acids is 1. The summed E-state index contributed by atoms with van der Waals surface area (Å²) >= 11 is 6.72. The molecule has 244 valence electrons. The van der Waals surface area contributed by atoms with Crippen molar-refractivity contribution in [2.24, 2.45) is 12.0 Å². The number of aromatic nitrogens is 3. The monoisotopic (exact) mass is 666 g/mol. The highest BCUT2D eigenvalue weighted by Gasteiger charge is 2.43. The molecule has 3 aliphatic rings. The van der Waals surface area contributed by atoms with Gasteiger partial charge in [0.15, 0.2) is 5.82 Å². The van der Waals surface area contributed by atoms with E-state index in [-0.39, 0.29) is 47.4 Å². The number of dihydropyridines is 1. The molecule has 0 aliphatic carbocycles. The maximum absolute atomic E-state index is 14.4. The third-order valence-electron chi connectivity index (χ3n) is 8.22. The van der Waals surface area contributed by atoms with Gasteiger partial charge in [-0.3, -0.25) is 14.6 Å². The van der Waals surface area contributed by atoms with Crippen LogP contribution in [0.25, 0.3) is 17.0 Å². The van der Waals surface area contributed by atoms with Gasteiger partial charge in [-0.25, -0.2) is 4.99 Å². The lowest BCUT2D eigenvalue weighted by atomic mass is 9.90. The van der Waals surface area contributed by atoms with Gasteiger partial charge >= 0.3 is 12.4 Å². The molecule has 0 N–H and O–H groups in total. The zero-order chi connectivity index (χ0) is 33.2. The smallest absolute Gasteiger partial charge is 0.376 e. The lowest BCUT2D eigenvalue weighted by Gasteiger charge is -2.31. The number of hydrogen-bond acceptors (Lipinski definition) is 6. The third-order valence-corrected chi connectivity index (χ3v) is 8.44. The summed E-state index contributed by atoms with van der Waals surface area (Å²) in [4.78, 5) is 19.9. The first-order valence-electron chi connectivity index (χ1n) is 14.4. The molecule has 3 aromatic rings. The van der Waals surface area contributed by atoms with Crippen LogP contribution in [0.2, 0.25) is 0 Å². The van der Waals surface area contributed by atoms with Crippen molar-refractivity contribution in [3.05, 3.63) is 76.1 Å². The molecular weight excluding hydrogens is 638 g/mol. The molecule has 1 unspecified atom stereocenters. The normalized spacial score (nSPS) is 22.6. The molecule has 4 heterocycles. The Balaban J connectivity index is 1.41. The van der Waals surface area contributed by atoms with Gasteiger partial charge in [0.05, 0.1) is 30.4 Å². The standard InChI is InChI=1S/C31H29ClF6N6O2/c1-17-13-43(6-7-46-17)14-18-8-23-24(25(9-18)31(36,37)38)15-44(28(23)45)26-10-19(12-29(2,32)40-26)22-11-20(30(33,34)35)4-5-21(22)27-41-39-16-42(27)3/h4-5,8-11,16-17H,6-7,12-15H2,1-3H3/t17-,29?/m1/s1. The number of rotatable bonds is 4. The molecule has 46 heavy (non-hydrogen) atoms. The van der Waals surface area contributed by atoms with Crippen LogP contribution in [0.4, 0.5) is 26.3 Å². The number of aryl methyl sites for hydroxylation is 1. The summed E-state index contributed by atoms with van der Waals surface area (Å²) in [7, 11) is 1.64. The summed E-state index contributed by atoms with van der Waals surface area (Å²) in [6.07, 6.45) is -6.71. The molecule has 1 fully saturated rings. The Bertz CT molecular complexity index is 1760. The minimum absolute atomic E-state index is 0.0326. The molecule has 0 saturated carbocycles. The van der Waals surface area contributed by atoms with E-state index in [1.807, 2.05) is 11.8 Å². The van der Waals surface area contributed by atoms with Crippen molar-refractivity contribution in [1.29, 1.82) is 0 Å². The average Bonchev–Trinajstić information content (AvgIpc) is 3.53. The van der Waals surface area contributed by atoms with Gasteiger partial charge in [-0.15, -0.1) is 10.2 Å². The highest BCUT2D eigenvalue weighted by molar-refractivity contribution is 6.27. The summed E-state index contributed by atoms with van der Waals surface area (Å²) in [5.74, 6) is -0.483. The number of alkyl halides is 7. The number of morpholine rings is 1. The van der Waals surface area contributed by atoms with Crippen molar-refractivity contribution in [2.45, 2.75) is 56.8 Å². The Morgan fingerprint density at radius 1 is 1.07 bits per heavy atom. The average molecular weight is 667 g/mol. The van der Waals surface area contributed by atoms with Crippen molar-refractivity contribution in [3.8, 4) is 11.4 Å². The fourth-order valence-corrected chi connectivity index (χ4v) is 6.41. The van der Waals surface area contributed by atoms with E-state index < -0.39 is 40.9 Å². The van der Waals surface area contributed by atoms with Gasteiger partial charge in [0.25, 0.3) is 5.91 Å². The fraction of sp³-hybridized carbons (Fsp3) is 0.419. The van der Waals surface area contributed by atoms with Crippen molar-refractivity contribution >= 4 is 28.9 Å². The predicted octanol–water partition coefficient (Wildman–Crippen LogP) is 6.54. The van der Waals surface area contributed by atoms with Crippen LogP contribution in [0.5, 0.6) is 0 Å². The number of amides is 1. The van der Waals surface area contributed by atoms with Crippen molar-refractivity contribution in [1.82, 2.24) is 24.6 Å². The maximum Gasteiger partial charge on any atom is 0.416 e. The van der Waals surface area contributed by atoms with E-state index in [2.05, 4.69) is 15.2 Å². The van der Waals surface area contributed by atoms with Crippen LogP contribution < -0.4 is 0 Å². The summed E-state index contributed by atoms with van der Waals surface area (Å²) in [6.45, 7) is 4.67. The molecule has 15 heteroatoms. The van der Waals surface area contributed by atoms with Crippen LogP contribution in [-0.4, -0.2) is 67.1 Å². The quantitative estimate of drug-likeness (QED) is 0.180. The molecule has 2 aromatic carbocycles. The number of halogens is 7. The Morgan fingerprint density at radius 2 is 1.83 bits per heavy atom. The molecule has 1 saturated heterocycles. The van der Waals surface area contributed by atoms with E-state index in [9.17, 15) is 31.1 Å². The first-order chi connectivity index (χ1) is 21.5. The van der Waals surface area contributed by atoms with Gasteiger partial charge in [0.1, 0.15) is 17.2 Å². The number of amidine groups is 1. The van der Waals surface area contributed by atoms with Crippen LogP contribution in [0.15, 0.2) is 47.7 Å². The van der Waals surface area contributed by atoms with Crippen LogP contribution in [0, 0.1) is 0 Å². The molecule has 1 amide bonds. The van der Waals surface area contributed by atoms with E-state index in [0.717, 1.165) is 23.1 Å². The number of fused-ring (bicyclic) bond motifs is 1. The zero-order valence-corrected chi connectivity index (χ0v) is 25.8. The van der Waals surface area contributed by atoms with E-state index in [1.165, 1.54) is 31.5 Å². The minimum atomic E-state index is -4.74. The minimum Gasteiger partial charge on any atom is -0.376 e. The Hall–Kier alpha value is -3.75. The van der Waals surface area contributed by atoms with Gasteiger partial charge in [-0.2, -0.15) is 26.3 Å². The van der Waals surface area contributed by atoms with E-state index in [4.69, 9.17) is 16.3 Å². The van der Waals surface area contributed by atoms with Crippen LogP contribution >= 0.6 is 11.6 Å². The number of carbonyl (C=O) groups is 1. The fourth-order valence-electron chi connectivity index (χ4n) is 6.17. The van der Waals surface area contributed by atoms with Crippen molar-refractivity contribution in [2.75, 3.05) is 19.7 Å². The molecule has 3 aliphatic heterocycles. The molecule has 0 radical (unpaired) electrons. The van der Waals surface area contributed by atoms with E-state index >= 15 is 0 Å². The SMILES string of the molecule is C[C@@H]1CN(Cc2cc3c(c(C(F)(F)F)c2)CN(C2=NC(C)(Cl)CC(c4cc(C(F)(F)F)ccc4-c4nncn4C)=C2)C3=O)CCO1. The Kier molecular flexibility index (Phi) is 8.05. The van der Waals surface area contributed by atoms with Crippen molar-refractivity contribution in [3.63, 3.8) is 0 Å². The molecule has 8 nitrogen and oxygen atoms in total. The number of ether oxygens (including phenoxy) is 1. The number of nitrogens with zero attached hydrogens (tertiary/aromatic N) is 6. The Labute approximate surface area is 265 Å². The summed E-state index contributed by atoms with van der Waals surface area (Å²) in [6, 6.07) is 5.72. The zero-order valence-electron chi connectivity index (χ0n) is 25.0. The van der Waals surface area contributed by atoms with E-state index in [0.29, 0.717) is 36.4 Å². The second-order valence-electron chi connectivity index (χ2n) is 12.0. The first-order valence-corrected chi connectivity index (χ1v) is 14.8. The van der Waals surface area contributed by atoms with E-state index in [1.54, 1.807) is 11.6 Å². The summed E-state index contributed by atoms with van der Waals surface area (Å²) in [5, 5.41) is 7.89. The molecular formula is C31H29ClF6N6O2. The number of aliphatic imine (C=N–C) groups is 1. The number of benzene rings is 2. The summed E-state index contributed by atoms with van der Waals surface area (Å²) < 4.78 is 91.7. The highest BCUT2D eigenvalue weighted by Crippen LogP contribution is 2.43. The van der Waals surface area contributed by atoms with Gasteiger partial charge in [0, 0.05) is 44.2 Å². The van der Waals surface area contributed by atoms with Gasteiger partial charge in [0.2, 0.25) is 0 Å². The van der Waals surface area contributed by atoms with Crippen LogP contribution in [-0.2, 0) is 37.2 Å². The molecule has 1 aromatic heterocycles. The molecule has 0 spiro atoms. The second kappa shape index (κ2) is 11.5. The summed E-state index contributed by atoms with van der Waals surface area (Å²) in [5.41, 5.74) is -1.06. The van der Waals surface area contributed by atoms with Gasteiger partial charge < -0.3 is 9.30 Å². The second-order valence-corrected chi connectivity index (χ2v) is 12.8. The predicted molar refractivity (Wildman–Crippen MR) is 158 cm³/mol.